The van der Waals surface area contributed by atoms with Gasteiger partial charge in [-0.3, -0.25) is 0 Å². The molecule has 0 saturated heterocycles. The first-order chi connectivity index (χ1) is 13.8. The van der Waals surface area contributed by atoms with Gasteiger partial charge in [0.1, 0.15) is 12.1 Å². The third-order valence-corrected chi connectivity index (χ3v) is 6.99. The normalized spacial score (nSPS) is 13.7. The van der Waals surface area contributed by atoms with Gasteiger partial charge in [0.2, 0.25) is 0 Å². The number of hydrogen-bond donors (Lipinski definition) is 2. The Morgan fingerprint density at radius 3 is 2.93 bits per heavy atom. The maximum absolute atomic E-state index is 6.08. The SMILES string of the molecule is CC(C)(C)NCCCn1c(Sc2cc3c(cc2I)OCC3)nc2c(N)ncnc21. The van der Waals surface area contributed by atoms with Crippen LogP contribution in [0.15, 0.2) is 28.5 Å². The van der Waals surface area contributed by atoms with E-state index in [4.69, 9.17) is 15.5 Å². The van der Waals surface area contributed by atoms with E-state index < -0.39 is 0 Å². The van der Waals surface area contributed by atoms with E-state index in [1.807, 2.05) is 0 Å². The number of fused-ring (bicyclic) bond motifs is 2. The molecule has 3 heterocycles. The maximum Gasteiger partial charge on any atom is 0.175 e. The van der Waals surface area contributed by atoms with E-state index in [1.165, 1.54) is 16.8 Å². The Labute approximate surface area is 188 Å². The van der Waals surface area contributed by atoms with Crippen molar-refractivity contribution in [1.82, 2.24) is 24.8 Å². The molecule has 1 aliphatic rings. The summed E-state index contributed by atoms with van der Waals surface area (Å²) < 4.78 is 9.00. The number of nitrogens with zero attached hydrogens (tertiary/aromatic N) is 4. The number of benzene rings is 1. The summed E-state index contributed by atoms with van der Waals surface area (Å²) in [6.07, 6.45) is 3.43. The van der Waals surface area contributed by atoms with Crippen molar-refractivity contribution in [3.63, 3.8) is 0 Å². The topological polar surface area (TPSA) is 90.9 Å². The molecule has 0 unspecified atom stereocenters. The number of hydrogen-bond acceptors (Lipinski definition) is 7. The number of ether oxygens (including phenoxy) is 1. The number of nitrogens with one attached hydrogen (secondary N) is 1. The second-order valence-corrected chi connectivity index (χ2v) is 10.3. The average molecular weight is 524 g/mol. The zero-order chi connectivity index (χ0) is 20.6. The Bertz CT molecular complexity index is 1050. The van der Waals surface area contributed by atoms with Crippen LogP contribution in [-0.2, 0) is 13.0 Å². The van der Waals surface area contributed by atoms with Gasteiger partial charge < -0.3 is 20.4 Å². The second-order valence-electron chi connectivity index (χ2n) is 8.10. The highest BCUT2D eigenvalue weighted by atomic mass is 127. The lowest BCUT2D eigenvalue weighted by atomic mass is 10.1. The molecule has 4 rings (SSSR count). The molecule has 0 saturated carbocycles. The Kier molecular flexibility index (Phi) is 5.90. The summed E-state index contributed by atoms with van der Waals surface area (Å²) in [4.78, 5) is 14.5. The van der Waals surface area contributed by atoms with Gasteiger partial charge in [0.15, 0.2) is 22.1 Å². The molecule has 9 heteroatoms. The van der Waals surface area contributed by atoms with Crippen LogP contribution in [-0.4, -0.2) is 38.2 Å². The maximum atomic E-state index is 6.08. The highest BCUT2D eigenvalue weighted by Gasteiger charge is 2.20. The molecule has 1 aromatic carbocycles. The van der Waals surface area contributed by atoms with Gasteiger partial charge in [0, 0.05) is 27.0 Å². The summed E-state index contributed by atoms with van der Waals surface area (Å²) in [6.45, 7) is 9.01. The van der Waals surface area contributed by atoms with Crippen LogP contribution in [0.4, 0.5) is 5.82 Å². The molecule has 3 N–H and O–H groups in total. The van der Waals surface area contributed by atoms with E-state index in [2.05, 4.69) is 75.3 Å². The lowest BCUT2D eigenvalue weighted by Crippen LogP contribution is -2.36. The van der Waals surface area contributed by atoms with Gasteiger partial charge >= 0.3 is 0 Å². The third kappa shape index (κ3) is 4.61. The van der Waals surface area contributed by atoms with Gasteiger partial charge in [-0.1, -0.05) is 11.8 Å². The first-order valence-corrected chi connectivity index (χ1v) is 11.6. The lowest BCUT2D eigenvalue weighted by Gasteiger charge is -2.20. The average Bonchev–Trinajstić information content (AvgIpc) is 3.23. The zero-order valence-electron chi connectivity index (χ0n) is 16.8. The van der Waals surface area contributed by atoms with E-state index in [1.54, 1.807) is 11.8 Å². The quantitative estimate of drug-likeness (QED) is 0.374. The van der Waals surface area contributed by atoms with Crippen LogP contribution in [0.5, 0.6) is 5.75 Å². The molecule has 0 amide bonds. The lowest BCUT2D eigenvalue weighted by molar-refractivity contribution is 0.356. The molecule has 0 spiro atoms. The van der Waals surface area contributed by atoms with E-state index in [0.717, 1.165) is 52.7 Å². The molecule has 0 aliphatic carbocycles. The van der Waals surface area contributed by atoms with E-state index >= 15 is 0 Å². The van der Waals surface area contributed by atoms with Crippen LogP contribution in [0, 0.1) is 3.57 Å². The second kappa shape index (κ2) is 8.27. The minimum Gasteiger partial charge on any atom is -0.493 e. The fourth-order valence-electron chi connectivity index (χ4n) is 3.27. The highest BCUT2D eigenvalue weighted by molar-refractivity contribution is 14.1. The van der Waals surface area contributed by atoms with Crippen LogP contribution in [0.2, 0.25) is 0 Å². The van der Waals surface area contributed by atoms with Gasteiger partial charge in [0.25, 0.3) is 0 Å². The number of anilines is 1. The molecule has 0 radical (unpaired) electrons. The van der Waals surface area contributed by atoms with E-state index in [-0.39, 0.29) is 5.54 Å². The fraction of sp³-hybridized carbons (Fsp3) is 0.450. The fourth-order valence-corrected chi connectivity index (χ4v) is 5.02. The molecular weight excluding hydrogens is 499 g/mol. The van der Waals surface area contributed by atoms with Crippen molar-refractivity contribution >= 4 is 51.3 Å². The number of halogens is 1. The Balaban J connectivity index is 1.64. The minimum absolute atomic E-state index is 0.101. The van der Waals surface area contributed by atoms with Crippen molar-refractivity contribution in [2.24, 2.45) is 0 Å². The molecule has 0 bridgehead atoms. The Hall–Kier alpha value is -1.59. The Morgan fingerprint density at radius 1 is 1.31 bits per heavy atom. The summed E-state index contributed by atoms with van der Waals surface area (Å²) in [5.74, 6) is 1.41. The summed E-state index contributed by atoms with van der Waals surface area (Å²) in [5, 5.41) is 4.43. The van der Waals surface area contributed by atoms with Crippen molar-refractivity contribution in [1.29, 1.82) is 0 Å². The van der Waals surface area contributed by atoms with Gasteiger partial charge in [-0.2, -0.15) is 0 Å². The molecule has 154 valence electrons. The predicted octanol–water partition coefficient (Wildman–Crippen LogP) is 3.88. The van der Waals surface area contributed by atoms with Gasteiger partial charge in [-0.05, 0) is 74.0 Å². The summed E-state index contributed by atoms with van der Waals surface area (Å²) in [7, 11) is 0. The zero-order valence-corrected chi connectivity index (χ0v) is 19.8. The van der Waals surface area contributed by atoms with Crippen molar-refractivity contribution in [3.8, 4) is 5.75 Å². The number of aryl methyl sites for hydroxylation is 1. The standard InChI is InChI=1S/C20H25IN6OS/c1-20(2,3)25-6-4-7-27-18-16(17(22)23-11-24-18)26-19(27)29-15-9-12-5-8-28-14(12)10-13(15)21/h9-11,25H,4-8H2,1-3H3,(H2,22,23,24). The Morgan fingerprint density at radius 2 is 2.14 bits per heavy atom. The van der Waals surface area contributed by atoms with Crippen molar-refractivity contribution < 1.29 is 4.74 Å². The molecule has 1 aliphatic heterocycles. The summed E-state index contributed by atoms with van der Waals surface area (Å²) >= 11 is 4.01. The van der Waals surface area contributed by atoms with Crippen molar-refractivity contribution in [3.05, 3.63) is 27.6 Å². The number of aromatic nitrogens is 4. The van der Waals surface area contributed by atoms with Crippen LogP contribution < -0.4 is 15.8 Å². The number of nitrogens with two attached hydrogens (primary N) is 1. The number of nitrogen functional groups attached to an aromatic ring is 1. The monoisotopic (exact) mass is 524 g/mol. The molecular formula is C20H25IN6OS. The number of imidazole rings is 1. The first kappa shape index (κ1) is 20.7. The molecule has 3 aromatic rings. The van der Waals surface area contributed by atoms with Crippen molar-refractivity contribution in [2.45, 2.75) is 55.7 Å². The van der Waals surface area contributed by atoms with Gasteiger partial charge in [-0.25, -0.2) is 15.0 Å². The van der Waals surface area contributed by atoms with Crippen LogP contribution >= 0.6 is 34.4 Å². The van der Waals surface area contributed by atoms with E-state index in [9.17, 15) is 0 Å². The van der Waals surface area contributed by atoms with E-state index in [0.29, 0.717) is 11.3 Å². The van der Waals surface area contributed by atoms with Gasteiger partial charge in [0.05, 0.1) is 6.61 Å². The molecule has 2 aromatic heterocycles. The van der Waals surface area contributed by atoms with Crippen molar-refractivity contribution in [2.75, 3.05) is 18.9 Å². The highest BCUT2D eigenvalue weighted by Crippen LogP contribution is 2.38. The van der Waals surface area contributed by atoms with Gasteiger partial charge in [-0.15, -0.1) is 0 Å². The molecule has 0 atom stereocenters. The first-order valence-electron chi connectivity index (χ1n) is 9.66. The smallest absolute Gasteiger partial charge is 0.175 e. The molecule has 0 fully saturated rings. The minimum atomic E-state index is 0.101. The predicted molar refractivity (Wildman–Crippen MR) is 125 cm³/mol. The third-order valence-electron chi connectivity index (χ3n) is 4.68. The largest absolute Gasteiger partial charge is 0.493 e. The summed E-state index contributed by atoms with van der Waals surface area (Å²) in [6, 6.07) is 4.33. The van der Waals surface area contributed by atoms with Crippen LogP contribution in [0.3, 0.4) is 0 Å². The van der Waals surface area contributed by atoms with Crippen LogP contribution in [0.1, 0.15) is 32.8 Å². The molecule has 7 nitrogen and oxygen atoms in total. The van der Waals surface area contributed by atoms with Crippen LogP contribution in [0.25, 0.3) is 11.2 Å². The summed E-state index contributed by atoms with van der Waals surface area (Å²) in [5.41, 5.74) is 8.89. The molecule has 29 heavy (non-hydrogen) atoms. The number of rotatable bonds is 6.